The minimum atomic E-state index is 0.0338. The highest BCUT2D eigenvalue weighted by Crippen LogP contribution is 2.40. The summed E-state index contributed by atoms with van der Waals surface area (Å²) in [6.45, 7) is 0. The number of pyridine rings is 1. The smallest absolute Gasteiger partial charge is 0.222 e. The van der Waals surface area contributed by atoms with E-state index in [2.05, 4.69) is 15.4 Å². The molecular weight excluding hydrogens is 486 g/mol. The lowest BCUT2D eigenvalue weighted by atomic mass is 9.81. The zero-order valence-electron chi connectivity index (χ0n) is 20.4. The Hall–Kier alpha value is -4.04. The summed E-state index contributed by atoms with van der Waals surface area (Å²) >= 11 is 6.81. The van der Waals surface area contributed by atoms with E-state index in [4.69, 9.17) is 27.3 Å². The Morgan fingerprint density at radius 3 is 2.59 bits per heavy atom. The first-order valence-corrected chi connectivity index (χ1v) is 12.8. The number of nitrogen functional groups attached to an aromatic ring is 1. The topological polar surface area (TPSA) is 111 Å². The van der Waals surface area contributed by atoms with Crippen LogP contribution in [-0.2, 0) is 4.79 Å². The maximum Gasteiger partial charge on any atom is 0.222 e. The third-order valence-corrected chi connectivity index (χ3v) is 7.61. The molecule has 8 nitrogen and oxygen atoms in total. The Balaban J connectivity index is 1.45. The van der Waals surface area contributed by atoms with E-state index in [1.165, 1.54) is 6.33 Å². The first kappa shape index (κ1) is 23.4. The molecule has 0 spiro atoms. The molecule has 3 heterocycles. The number of rotatable bonds is 4. The van der Waals surface area contributed by atoms with E-state index in [-0.39, 0.29) is 17.7 Å². The molecule has 3 N–H and O–H groups in total. The van der Waals surface area contributed by atoms with Crippen molar-refractivity contribution >= 4 is 39.7 Å². The maximum absolute atomic E-state index is 12.1. The molecule has 5 aromatic rings. The fraction of sp³-hybridized carbons (Fsp3) is 0.250. The number of nitrogens with one attached hydrogen (secondary N) is 1. The number of hydrogen-bond acceptors (Lipinski definition) is 6. The molecular formula is C28H26ClN7O. The van der Waals surface area contributed by atoms with Gasteiger partial charge in [-0.2, -0.15) is 5.10 Å². The van der Waals surface area contributed by atoms with Gasteiger partial charge in [0.2, 0.25) is 5.91 Å². The summed E-state index contributed by atoms with van der Waals surface area (Å²) in [5, 5.41) is 8.77. The van der Waals surface area contributed by atoms with E-state index < -0.39 is 0 Å². The molecule has 186 valence electrons. The van der Waals surface area contributed by atoms with Gasteiger partial charge in [-0.15, -0.1) is 0 Å². The molecule has 0 atom stereocenters. The van der Waals surface area contributed by atoms with E-state index in [1.54, 1.807) is 11.6 Å². The zero-order chi connectivity index (χ0) is 25.5. The van der Waals surface area contributed by atoms with Crippen molar-refractivity contribution in [3.63, 3.8) is 0 Å². The van der Waals surface area contributed by atoms with Crippen LogP contribution in [0.3, 0.4) is 0 Å². The van der Waals surface area contributed by atoms with Gasteiger partial charge in [-0.25, -0.2) is 19.5 Å². The van der Waals surface area contributed by atoms with Crippen molar-refractivity contribution in [3.05, 3.63) is 71.8 Å². The monoisotopic (exact) mass is 511 g/mol. The van der Waals surface area contributed by atoms with Crippen LogP contribution in [0, 0.1) is 5.92 Å². The first-order valence-electron chi connectivity index (χ1n) is 12.4. The molecule has 1 fully saturated rings. The average molecular weight is 512 g/mol. The number of hydrogen-bond donors (Lipinski definition) is 2. The molecule has 1 aliphatic rings. The van der Waals surface area contributed by atoms with E-state index in [0.717, 1.165) is 59.2 Å². The molecule has 9 heteroatoms. The number of aromatic nitrogens is 5. The molecule has 1 aliphatic carbocycles. The summed E-state index contributed by atoms with van der Waals surface area (Å²) in [6.07, 6.45) is 4.74. The molecule has 1 amide bonds. The molecule has 3 aromatic heterocycles. The van der Waals surface area contributed by atoms with Crippen LogP contribution in [0.15, 0.2) is 60.9 Å². The molecule has 0 unspecified atom stereocenters. The average Bonchev–Trinajstić information content (AvgIpc) is 3.33. The van der Waals surface area contributed by atoms with Crippen LogP contribution < -0.4 is 11.1 Å². The van der Waals surface area contributed by atoms with Crippen LogP contribution in [0.4, 0.5) is 5.82 Å². The number of amides is 1. The van der Waals surface area contributed by atoms with Gasteiger partial charge in [-0.05, 0) is 43.9 Å². The van der Waals surface area contributed by atoms with Gasteiger partial charge in [-0.3, -0.25) is 4.79 Å². The summed E-state index contributed by atoms with van der Waals surface area (Å²) in [5.74, 6) is 1.44. The van der Waals surface area contributed by atoms with Crippen molar-refractivity contribution in [1.29, 1.82) is 0 Å². The third kappa shape index (κ3) is 4.17. The fourth-order valence-corrected chi connectivity index (χ4v) is 5.60. The van der Waals surface area contributed by atoms with Gasteiger partial charge in [0.25, 0.3) is 0 Å². The summed E-state index contributed by atoms with van der Waals surface area (Å²) < 4.78 is 1.79. The molecule has 0 radical (unpaired) electrons. The molecule has 0 aliphatic heterocycles. The fourth-order valence-electron chi connectivity index (χ4n) is 5.34. The first-order chi connectivity index (χ1) is 18.0. The molecule has 0 bridgehead atoms. The van der Waals surface area contributed by atoms with Gasteiger partial charge in [-0.1, -0.05) is 48.0 Å². The molecule has 0 saturated heterocycles. The summed E-state index contributed by atoms with van der Waals surface area (Å²) in [6, 6.07) is 18.0. The number of carbonyl (C=O) groups is 1. The van der Waals surface area contributed by atoms with Gasteiger partial charge in [0.15, 0.2) is 5.82 Å². The second-order valence-corrected chi connectivity index (χ2v) is 9.88. The van der Waals surface area contributed by atoms with Gasteiger partial charge in [0.1, 0.15) is 23.4 Å². The predicted octanol–water partition coefficient (Wildman–Crippen LogP) is 5.26. The number of nitrogens with zero attached hydrogens (tertiary/aromatic N) is 5. The van der Waals surface area contributed by atoms with Crippen LogP contribution >= 0.6 is 11.6 Å². The van der Waals surface area contributed by atoms with Gasteiger partial charge >= 0.3 is 0 Å². The van der Waals surface area contributed by atoms with Gasteiger partial charge in [0.05, 0.1) is 16.2 Å². The lowest BCUT2D eigenvalue weighted by Gasteiger charge is -2.26. The van der Waals surface area contributed by atoms with E-state index in [1.807, 2.05) is 54.6 Å². The van der Waals surface area contributed by atoms with E-state index in [9.17, 15) is 4.79 Å². The number of benzene rings is 2. The number of nitrogens with two attached hydrogens (primary N) is 1. The normalized spacial score (nSPS) is 17.8. The van der Waals surface area contributed by atoms with Gasteiger partial charge in [0, 0.05) is 35.4 Å². The Bertz CT molecular complexity index is 1620. The van der Waals surface area contributed by atoms with E-state index in [0.29, 0.717) is 22.1 Å². The molecule has 2 aromatic carbocycles. The molecule has 6 rings (SSSR count). The minimum absolute atomic E-state index is 0.0338. The maximum atomic E-state index is 12.1. The van der Waals surface area contributed by atoms with E-state index >= 15 is 0 Å². The molecule has 37 heavy (non-hydrogen) atoms. The highest BCUT2D eigenvalue weighted by molar-refractivity contribution is 6.34. The second kappa shape index (κ2) is 9.44. The van der Waals surface area contributed by atoms with Crippen molar-refractivity contribution in [1.82, 2.24) is 29.9 Å². The largest absolute Gasteiger partial charge is 0.382 e. The second-order valence-electron chi connectivity index (χ2n) is 9.47. The van der Waals surface area contributed by atoms with Crippen LogP contribution in [0.5, 0.6) is 0 Å². The quantitative estimate of drug-likeness (QED) is 0.340. The molecule has 1 saturated carbocycles. The zero-order valence-corrected chi connectivity index (χ0v) is 21.1. The van der Waals surface area contributed by atoms with Crippen molar-refractivity contribution in [3.8, 4) is 22.5 Å². The number of fused-ring (bicyclic) bond motifs is 2. The predicted molar refractivity (Wildman–Crippen MR) is 145 cm³/mol. The lowest BCUT2D eigenvalue weighted by molar-refractivity contribution is -0.125. The number of imidazole rings is 1. The van der Waals surface area contributed by atoms with Crippen molar-refractivity contribution < 1.29 is 4.79 Å². The van der Waals surface area contributed by atoms with Crippen LogP contribution in [-0.4, -0.2) is 37.5 Å². The van der Waals surface area contributed by atoms with Crippen LogP contribution in [0.25, 0.3) is 38.9 Å². The summed E-state index contributed by atoms with van der Waals surface area (Å²) in [5.41, 5.74) is 11.1. The van der Waals surface area contributed by atoms with Gasteiger partial charge < -0.3 is 11.1 Å². The van der Waals surface area contributed by atoms with Crippen molar-refractivity contribution in [2.45, 2.75) is 31.6 Å². The Labute approximate surface area is 218 Å². The SMILES string of the molecule is CNC(=O)C1CCC(c2nc(-c3cc4nc(-c5ccccc5)ccc4cc3Cl)c3c(N)ncnn23)CC1. The minimum Gasteiger partial charge on any atom is -0.382 e. The standard InChI is InChI=1S/C28H26ClN7O/c1-31-28(37)18-9-7-17(8-10-18)27-35-24(25-26(30)32-15-33-36(25)27)20-14-23-19(13-21(20)29)11-12-22(34-23)16-5-3-2-4-6-16/h2-6,11-15,17-18H,7-10H2,1H3,(H,31,37)(H2,30,32,33). The number of carbonyl (C=O) groups excluding carboxylic acids is 1. The highest BCUT2D eigenvalue weighted by Gasteiger charge is 2.31. The Kier molecular flexibility index (Phi) is 5.96. The number of anilines is 1. The van der Waals surface area contributed by atoms with Crippen LogP contribution in [0.1, 0.15) is 37.4 Å². The highest BCUT2D eigenvalue weighted by atomic mass is 35.5. The Morgan fingerprint density at radius 2 is 1.84 bits per heavy atom. The third-order valence-electron chi connectivity index (χ3n) is 7.30. The Morgan fingerprint density at radius 1 is 1.05 bits per heavy atom. The summed E-state index contributed by atoms with van der Waals surface area (Å²) in [4.78, 5) is 26.3. The van der Waals surface area contributed by atoms with Crippen molar-refractivity contribution in [2.24, 2.45) is 5.92 Å². The lowest BCUT2D eigenvalue weighted by Crippen LogP contribution is -2.30. The number of halogens is 1. The van der Waals surface area contributed by atoms with Crippen molar-refractivity contribution in [2.75, 3.05) is 12.8 Å². The summed E-state index contributed by atoms with van der Waals surface area (Å²) in [7, 11) is 1.69. The van der Waals surface area contributed by atoms with Crippen LogP contribution in [0.2, 0.25) is 5.02 Å².